The zero-order valence-corrected chi connectivity index (χ0v) is 13.5. The van der Waals surface area contributed by atoms with Crippen molar-refractivity contribution < 1.29 is 13.2 Å². The van der Waals surface area contributed by atoms with Crippen LogP contribution < -0.4 is 5.32 Å². The van der Waals surface area contributed by atoms with Gasteiger partial charge < -0.3 is 5.32 Å². The zero-order valence-electron chi connectivity index (χ0n) is 12.0. The maximum atomic E-state index is 12.6. The van der Waals surface area contributed by atoms with Crippen LogP contribution in [0.25, 0.3) is 10.9 Å². The van der Waals surface area contributed by atoms with E-state index in [9.17, 15) is 13.2 Å². The molecular formula is C15H15ClN2O3S. The summed E-state index contributed by atoms with van der Waals surface area (Å²) in [4.78, 5) is 16.8. The van der Waals surface area contributed by atoms with E-state index in [-0.39, 0.29) is 22.6 Å². The number of sulfone groups is 1. The number of nitrogens with zero attached hydrogens (tertiary/aromatic N) is 1. The molecule has 1 atom stereocenters. The third kappa shape index (κ3) is 2.94. The first-order valence-electron chi connectivity index (χ1n) is 6.86. The van der Waals surface area contributed by atoms with E-state index in [1.807, 2.05) is 12.1 Å². The molecule has 1 N–H and O–H groups in total. The summed E-state index contributed by atoms with van der Waals surface area (Å²) in [5, 5.41) is 3.76. The largest absolute Gasteiger partial charge is 0.346 e. The molecule has 0 radical (unpaired) electrons. The highest BCUT2D eigenvalue weighted by Crippen LogP contribution is 2.25. The van der Waals surface area contributed by atoms with Gasteiger partial charge in [0.1, 0.15) is 5.15 Å². The van der Waals surface area contributed by atoms with Crippen LogP contribution >= 0.6 is 11.6 Å². The number of hydrogen-bond donors (Lipinski definition) is 1. The molecule has 0 spiro atoms. The van der Waals surface area contributed by atoms with E-state index in [1.165, 1.54) is 6.07 Å². The van der Waals surface area contributed by atoms with Gasteiger partial charge in [-0.15, -0.1) is 0 Å². The van der Waals surface area contributed by atoms with Crippen molar-refractivity contribution in [3.63, 3.8) is 0 Å². The number of rotatable bonds is 2. The first-order chi connectivity index (χ1) is 10.3. The van der Waals surface area contributed by atoms with E-state index in [1.54, 1.807) is 19.1 Å². The number of hydrogen-bond acceptors (Lipinski definition) is 4. The zero-order chi connectivity index (χ0) is 16.0. The number of carbonyl (C=O) groups excluding carboxylic acids is 1. The average Bonchev–Trinajstić information content (AvgIpc) is 2.71. The van der Waals surface area contributed by atoms with Crippen LogP contribution in [0, 0.1) is 0 Å². The van der Waals surface area contributed by atoms with Gasteiger partial charge in [-0.05, 0) is 25.5 Å². The highest BCUT2D eigenvalue weighted by molar-refractivity contribution is 7.91. The maximum Gasteiger partial charge on any atom is 0.252 e. The van der Waals surface area contributed by atoms with Crippen molar-refractivity contribution in [3.05, 3.63) is 41.0 Å². The molecule has 3 rings (SSSR count). The molecule has 1 amide bonds. The predicted octanol–water partition coefficient (Wildman–Crippen LogP) is 2.20. The minimum Gasteiger partial charge on any atom is -0.346 e. The summed E-state index contributed by atoms with van der Waals surface area (Å²) in [5.41, 5.74) is 0.290. The fourth-order valence-corrected chi connectivity index (χ4v) is 5.07. The second-order valence-corrected chi connectivity index (χ2v) is 8.44. The molecule has 1 aromatic carbocycles. The molecule has 0 aliphatic carbocycles. The first kappa shape index (κ1) is 15.2. The quantitative estimate of drug-likeness (QED) is 0.852. The van der Waals surface area contributed by atoms with Crippen molar-refractivity contribution in [2.45, 2.75) is 18.9 Å². The van der Waals surface area contributed by atoms with Gasteiger partial charge in [-0.2, -0.15) is 0 Å². The molecule has 7 heteroatoms. The summed E-state index contributed by atoms with van der Waals surface area (Å²) in [6.45, 7) is 1.75. The molecule has 0 unspecified atom stereocenters. The second kappa shape index (κ2) is 5.21. The SMILES string of the molecule is C[C@@]1(NC(=O)c2cc(Cl)nc3ccccc23)CCS(=O)(=O)C1. The lowest BCUT2D eigenvalue weighted by Gasteiger charge is -2.24. The van der Waals surface area contributed by atoms with Crippen LogP contribution in [0.2, 0.25) is 5.15 Å². The molecule has 1 saturated heterocycles. The lowest BCUT2D eigenvalue weighted by atomic mass is 10.0. The van der Waals surface area contributed by atoms with Crippen molar-refractivity contribution >= 4 is 38.2 Å². The molecule has 1 aliphatic rings. The minimum atomic E-state index is -3.09. The molecule has 22 heavy (non-hydrogen) atoms. The summed E-state index contributed by atoms with van der Waals surface area (Å²) < 4.78 is 23.3. The van der Waals surface area contributed by atoms with Gasteiger partial charge in [-0.1, -0.05) is 29.8 Å². The van der Waals surface area contributed by atoms with Crippen LogP contribution in [0.4, 0.5) is 0 Å². The molecular weight excluding hydrogens is 324 g/mol. The lowest BCUT2D eigenvalue weighted by molar-refractivity contribution is 0.0917. The summed E-state index contributed by atoms with van der Waals surface area (Å²) in [6.07, 6.45) is 0.415. The second-order valence-electron chi connectivity index (χ2n) is 5.87. The topological polar surface area (TPSA) is 76.1 Å². The number of benzene rings is 1. The monoisotopic (exact) mass is 338 g/mol. The number of nitrogens with one attached hydrogen (secondary N) is 1. The molecule has 2 heterocycles. The third-order valence-electron chi connectivity index (χ3n) is 3.85. The molecule has 0 saturated carbocycles. The predicted molar refractivity (Wildman–Crippen MR) is 85.9 cm³/mol. The molecule has 116 valence electrons. The summed E-state index contributed by atoms with van der Waals surface area (Å²) >= 11 is 5.98. The molecule has 1 aliphatic heterocycles. The molecule has 1 fully saturated rings. The van der Waals surface area contributed by atoms with E-state index in [0.717, 1.165) is 0 Å². The van der Waals surface area contributed by atoms with E-state index >= 15 is 0 Å². The number of aromatic nitrogens is 1. The van der Waals surface area contributed by atoms with E-state index < -0.39 is 15.4 Å². The fourth-order valence-electron chi connectivity index (χ4n) is 2.78. The Morgan fingerprint density at radius 3 is 2.77 bits per heavy atom. The Bertz CT molecular complexity index is 866. The van der Waals surface area contributed by atoms with Crippen LogP contribution in [0.5, 0.6) is 0 Å². The number of pyridine rings is 1. The Morgan fingerprint density at radius 1 is 1.36 bits per heavy atom. The van der Waals surface area contributed by atoms with Gasteiger partial charge in [0.2, 0.25) is 0 Å². The molecule has 0 bridgehead atoms. The Balaban J connectivity index is 1.96. The van der Waals surface area contributed by atoms with Gasteiger partial charge in [0, 0.05) is 5.39 Å². The minimum absolute atomic E-state index is 0.0392. The molecule has 2 aromatic rings. The highest BCUT2D eigenvalue weighted by atomic mass is 35.5. The molecule has 1 aromatic heterocycles. The van der Waals surface area contributed by atoms with Gasteiger partial charge in [-0.25, -0.2) is 13.4 Å². The third-order valence-corrected chi connectivity index (χ3v) is 5.94. The Labute approximate surface area is 133 Å². The van der Waals surface area contributed by atoms with E-state index in [2.05, 4.69) is 10.3 Å². The first-order valence-corrected chi connectivity index (χ1v) is 9.06. The van der Waals surface area contributed by atoms with Gasteiger partial charge in [0.15, 0.2) is 9.84 Å². The Morgan fingerprint density at radius 2 is 2.09 bits per heavy atom. The van der Waals surface area contributed by atoms with Crippen molar-refractivity contribution in [2.24, 2.45) is 0 Å². The Hall–Kier alpha value is -1.66. The number of amides is 1. The van der Waals surface area contributed by atoms with Gasteiger partial charge in [0.25, 0.3) is 5.91 Å². The lowest BCUT2D eigenvalue weighted by Crippen LogP contribution is -2.47. The van der Waals surface area contributed by atoms with Gasteiger partial charge in [-0.3, -0.25) is 4.79 Å². The van der Waals surface area contributed by atoms with E-state index in [0.29, 0.717) is 22.9 Å². The summed E-state index contributed by atoms with van der Waals surface area (Å²) in [7, 11) is -3.09. The van der Waals surface area contributed by atoms with Crippen molar-refractivity contribution in [1.29, 1.82) is 0 Å². The van der Waals surface area contributed by atoms with Gasteiger partial charge >= 0.3 is 0 Å². The van der Waals surface area contributed by atoms with Crippen LogP contribution in [0.3, 0.4) is 0 Å². The fraction of sp³-hybridized carbons (Fsp3) is 0.333. The van der Waals surface area contributed by atoms with Crippen LogP contribution in [0.1, 0.15) is 23.7 Å². The summed E-state index contributed by atoms with van der Waals surface area (Å²) in [5.74, 6) is -0.274. The van der Waals surface area contributed by atoms with E-state index in [4.69, 9.17) is 11.6 Å². The normalized spacial score (nSPS) is 23.5. The number of carbonyl (C=O) groups is 1. The number of halogens is 1. The van der Waals surface area contributed by atoms with Gasteiger partial charge in [0.05, 0.1) is 28.1 Å². The van der Waals surface area contributed by atoms with Crippen molar-refractivity contribution in [3.8, 4) is 0 Å². The maximum absolute atomic E-state index is 12.6. The standard InChI is InChI=1S/C15H15ClN2O3S/c1-15(6-7-22(20,21)9-15)18-14(19)11-8-13(16)17-12-5-3-2-4-10(11)12/h2-5,8H,6-7,9H2,1H3,(H,18,19)/t15-/m1/s1. The number of para-hydroxylation sites is 1. The number of fused-ring (bicyclic) bond motifs is 1. The molecule has 5 nitrogen and oxygen atoms in total. The van der Waals surface area contributed by atoms with Crippen molar-refractivity contribution in [2.75, 3.05) is 11.5 Å². The summed E-state index contributed by atoms with van der Waals surface area (Å²) in [6, 6.07) is 8.71. The van der Waals surface area contributed by atoms with Crippen LogP contribution in [0.15, 0.2) is 30.3 Å². The highest BCUT2D eigenvalue weighted by Gasteiger charge is 2.39. The smallest absolute Gasteiger partial charge is 0.252 e. The van der Waals surface area contributed by atoms with Crippen LogP contribution in [-0.2, 0) is 9.84 Å². The Kier molecular flexibility index (Phi) is 3.61. The van der Waals surface area contributed by atoms with Crippen molar-refractivity contribution in [1.82, 2.24) is 10.3 Å². The average molecular weight is 339 g/mol. The van der Waals surface area contributed by atoms with Crippen LogP contribution in [-0.4, -0.2) is 36.4 Å².